The molecule has 86 valence electrons. The van der Waals surface area contributed by atoms with Gasteiger partial charge in [-0.15, -0.1) is 0 Å². The summed E-state index contributed by atoms with van der Waals surface area (Å²) >= 11 is 0. The molecular formula is C13H15FO2. The van der Waals surface area contributed by atoms with Crippen LogP contribution in [0.5, 0.6) is 5.75 Å². The van der Waals surface area contributed by atoms with Gasteiger partial charge in [0, 0.05) is 0 Å². The van der Waals surface area contributed by atoms with Gasteiger partial charge in [0.1, 0.15) is 0 Å². The molecule has 1 aliphatic carbocycles. The van der Waals surface area contributed by atoms with Crippen molar-refractivity contribution in [2.45, 2.75) is 25.7 Å². The number of carbonyl (C=O) groups is 1. The lowest BCUT2D eigenvalue weighted by molar-refractivity contribution is 0.111. The molecule has 16 heavy (non-hydrogen) atoms. The lowest BCUT2D eigenvalue weighted by Crippen LogP contribution is -2.10. The second-order valence-corrected chi connectivity index (χ2v) is 4.24. The van der Waals surface area contributed by atoms with Crippen molar-refractivity contribution in [3.05, 3.63) is 29.6 Å². The number of hydrogen-bond acceptors (Lipinski definition) is 2. The molecule has 0 N–H and O–H groups in total. The van der Waals surface area contributed by atoms with Gasteiger partial charge in [-0.1, -0.05) is 18.9 Å². The Morgan fingerprint density at radius 3 is 2.81 bits per heavy atom. The van der Waals surface area contributed by atoms with Crippen LogP contribution in [0.2, 0.25) is 0 Å². The Bertz CT molecular complexity index is 370. The molecule has 0 bridgehead atoms. The minimum Gasteiger partial charge on any atom is -0.489 e. The average Bonchev–Trinajstić information content (AvgIpc) is 2.80. The van der Waals surface area contributed by atoms with Crippen LogP contribution in [0, 0.1) is 11.7 Å². The highest BCUT2D eigenvalue weighted by Gasteiger charge is 2.17. The van der Waals surface area contributed by atoms with Crippen LogP contribution in [0.3, 0.4) is 0 Å². The molecule has 0 aromatic heterocycles. The number of rotatable bonds is 4. The van der Waals surface area contributed by atoms with E-state index in [1.54, 1.807) is 6.07 Å². The average molecular weight is 222 g/mol. The van der Waals surface area contributed by atoms with Crippen molar-refractivity contribution in [2.75, 3.05) is 6.61 Å². The Kier molecular flexibility index (Phi) is 3.54. The second-order valence-electron chi connectivity index (χ2n) is 4.24. The molecule has 0 amide bonds. The van der Waals surface area contributed by atoms with Gasteiger partial charge in [-0.3, -0.25) is 4.79 Å². The van der Waals surface area contributed by atoms with E-state index in [4.69, 9.17) is 4.74 Å². The van der Waals surface area contributed by atoms with Crippen LogP contribution < -0.4 is 4.74 Å². The topological polar surface area (TPSA) is 26.3 Å². The predicted octanol–water partition coefficient (Wildman–Crippen LogP) is 3.21. The Hall–Kier alpha value is -1.38. The summed E-state index contributed by atoms with van der Waals surface area (Å²) in [4.78, 5) is 10.7. The van der Waals surface area contributed by atoms with Crippen LogP contribution in [0.15, 0.2) is 18.2 Å². The van der Waals surface area contributed by atoms with Gasteiger partial charge in [0.25, 0.3) is 0 Å². The van der Waals surface area contributed by atoms with Gasteiger partial charge < -0.3 is 4.74 Å². The van der Waals surface area contributed by atoms with Gasteiger partial charge >= 0.3 is 0 Å². The maximum atomic E-state index is 13.4. The summed E-state index contributed by atoms with van der Waals surface area (Å²) in [6, 6.07) is 4.40. The van der Waals surface area contributed by atoms with Crippen LogP contribution in [-0.2, 0) is 0 Å². The van der Waals surface area contributed by atoms with Crippen LogP contribution >= 0.6 is 0 Å². The number of benzene rings is 1. The summed E-state index contributed by atoms with van der Waals surface area (Å²) in [5.74, 6) is 0.158. The van der Waals surface area contributed by atoms with Crippen molar-refractivity contribution >= 4 is 6.29 Å². The van der Waals surface area contributed by atoms with E-state index in [-0.39, 0.29) is 11.3 Å². The Morgan fingerprint density at radius 2 is 2.12 bits per heavy atom. The van der Waals surface area contributed by atoms with Gasteiger partial charge in [0.05, 0.1) is 12.2 Å². The first-order valence-corrected chi connectivity index (χ1v) is 5.67. The lowest BCUT2D eigenvalue weighted by atomic mass is 10.1. The summed E-state index contributed by atoms with van der Waals surface area (Å²) < 4.78 is 18.9. The standard InChI is InChI=1S/C13H15FO2/c14-12-7-3-6-11(8-15)13(12)16-9-10-4-1-2-5-10/h3,6-8,10H,1-2,4-5,9H2. The Morgan fingerprint density at radius 1 is 1.38 bits per heavy atom. The maximum absolute atomic E-state index is 13.4. The SMILES string of the molecule is O=Cc1cccc(F)c1OCC1CCCC1. The zero-order valence-corrected chi connectivity index (χ0v) is 9.12. The fourth-order valence-electron chi connectivity index (χ4n) is 2.15. The predicted molar refractivity (Wildman–Crippen MR) is 59.2 cm³/mol. The highest BCUT2D eigenvalue weighted by molar-refractivity contribution is 5.79. The third-order valence-corrected chi connectivity index (χ3v) is 3.06. The Balaban J connectivity index is 2.04. The summed E-state index contributed by atoms with van der Waals surface area (Å²) in [6.45, 7) is 0.516. The van der Waals surface area contributed by atoms with Gasteiger partial charge in [-0.05, 0) is 30.9 Å². The third kappa shape index (κ3) is 2.40. The highest BCUT2D eigenvalue weighted by atomic mass is 19.1. The first-order valence-electron chi connectivity index (χ1n) is 5.67. The molecule has 2 rings (SSSR count). The molecule has 0 atom stereocenters. The van der Waals surface area contributed by atoms with E-state index in [1.165, 1.54) is 25.0 Å². The van der Waals surface area contributed by atoms with E-state index in [9.17, 15) is 9.18 Å². The summed E-state index contributed by atoms with van der Waals surface area (Å²) in [5.41, 5.74) is 0.290. The van der Waals surface area contributed by atoms with E-state index in [0.29, 0.717) is 18.8 Å². The smallest absolute Gasteiger partial charge is 0.165 e. The molecule has 2 nitrogen and oxygen atoms in total. The zero-order valence-electron chi connectivity index (χ0n) is 9.12. The molecule has 1 aromatic carbocycles. The molecule has 1 fully saturated rings. The first kappa shape index (κ1) is 11.1. The molecule has 0 heterocycles. The molecule has 3 heteroatoms. The summed E-state index contributed by atoms with van der Waals surface area (Å²) in [7, 11) is 0. The van der Waals surface area contributed by atoms with Crippen LogP contribution in [0.25, 0.3) is 0 Å². The van der Waals surface area contributed by atoms with Gasteiger partial charge in [-0.2, -0.15) is 0 Å². The quantitative estimate of drug-likeness (QED) is 0.731. The van der Waals surface area contributed by atoms with Gasteiger partial charge in [0.2, 0.25) is 0 Å². The zero-order chi connectivity index (χ0) is 11.4. The maximum Gasteiger partial charge on any atom is 0.165 e. The molecule has 1 aromatic rings. The van der Waals surface area contributed by atoms with Crippen molar-refractivity contribution < 1.29 is 13.9 Å². The van der Waals surface area contributed by atoms with E-state index >= 15 is 0 Å². The van der Waals surface area contributed by atoms with Crippen molar-refractivity contribution in [3.63, 3.8) is 0 Å². The number of halogens is 1. The van der Waals surface area contributed by atoms with Gasteiger partial charge in [-0.25, -0.2) is 4.39 Å². The third-order valence-electron chi connectivity index (χ3n) is 3.06. The number of para-hydroxylation sites is 1. The number of aldehydes is 1. The first-order chi connectivity index (χ1) is 7.81. The monoisotopic (exact) mass is 222 g/mol. The number of hydrogen-bond donors (Lipinski definition) is 0. The van der Waals surface area contributed by atoms with Crippen molar-refractivity contribution in [1.29, 1.82) is 0 Å². The van der Waals surface area contributed by atoms with Crippen LogP contribution in [0.1, 0.15) is 36.0 Å². The molecule has 0 spiro atoms. The number of ether oxygens (including phenoxy) is 1. The molecule has 0 unspecified atom stereocenters. The van der Waals surface area contributed by atoms with Crippen molar-refractivity contribution in [2.24, 2.45) is 5.92 Å². The minimum absolute atomic E-state index is 0.101. The summed E-state index contributed by atoms with van der Waals surface area (Å²) in [6.07, 6.45) is 5.38. The van der Waals surface area contributed by atoms with Crippen LogP contribution in [0.4, 0.5) is 4.39 Å². The second kappa shape index (κ2) is 5.10. The van der Waals surface area contributed by atoms with Crippen LogP contribution in [-0.4, -0.2) is 12.9 Å². The molecule has 0 radical (unpaired) electrons. The normalized spacial score (nSPS) is 16.3. The van der Waals surface area contributed by atoms with Crippen molar-refractivity contribution in [3.8, 4) is 5.75 Å². The number of carbonyl (C=O) groups excluding carboxylic acids is 1. The fraction of sp³-hybridized carbons (Fsp3) is 0.462. The van der Waals surface area contributed by atoms with Gasteiger partial charge in [0.15, 0.2) is 17.9 Å². The van der Waals surface area contributed by atoms with E-state index in [0.717, 1.165) is 12.8 Å². The largest absolute Gasteiger partial charge is 0.489 e. The van der Waals surface area contributed by atoms with Crippen molar-refractivity contribution in [1.82, 2.24) is 0 Å². The Labute approximate surface area is 94.4 Å². The van der Waals surface area contributed by atoms with E-state index in [2.05, 4.69) is 0 Å². The summed E-state index contributed by atoms with van der Waals surface area (Å²) in [5, 5.41) is 0. The molecule has 1 saturated carbocycles. The molecular weight excluding hydrogens is 207 g/mol. The van der Waals surface area contributed by atoms with E-state index < -0.39 is 5.82 Å². The molecule has 1 aliphatic rings. The fourth-order valence-corrected chi connectivity index (χ4v) is 2.15. The van der Waals surface area contributed by atoms with E-state index in [1.807, 2.05) is 0 Å². The lowest BCUT2D eigenvalue weighted by Gasteiger charge is -2.13. The highest BCUT2D eigenvalue weighted by Crippen LogP contribution is 2.27. The molecule has 0 aliphatic heterocycles. The minimum atomic E-state index is -0.456. The molecule has 0 saturated heterocycles.